The minimum Gasteiger partial charge on any atom is -0.497 e. The lowest BCUT2D eigenvalue weighted by atomic mass is 9.87. The smallest absolute Gasteiger partial charge is 0.265 e. The SMILES string of the molecule is COc1ccc(S(=O)(=O)c2cc(Cl)cc3c2NC(=O)C3(O)c2ccccc2Cl)c(OC)c1. The molecule has 1 aliphatic heterocycles. The number of amides is 1. The van der Waals surface area contributed by atoms with Crippen LogP contribution in [0.4, 0.5) is 5.69 Å². The Morgan fingerprint density at radius 3 is 2.31 bits per heavy atom. The number of hydrogen-bond donors (Lipinski definition) is 2. The second kappa shape index (κ2) is 7.97. The number of aliphatic hydroxyl groups is 1. The van der Waals surface area contributed by atoms with Gasteiger partial charge in [0.05, 0.1) is 24.8 Å². The molecule has 0 aromatic heterocycles. The fraction of sp³-hybridized carbons (Fsp3) is 0.136. The highest BCUT2D eigenvalue weighted by Gasteiger charge is 2.50. The molecule has 7 nitrogen and oxygen atoms in total. The van der Waals surface area contributed by atoms with Crippen molar-refractivity contribution in [1.82, 2.24) is 0 Å². The third-order valence-electron chi connectivity index (χ3n) is 5.24. The van der Waals surface area contributed by atoms with Gasteiger partial charge >= 0.3 is 0 Å². The van der Waals surface area contributed by atoms with Crippen LogP contribution in [-0.2, 0) is 20.2 Å². The summed E-state index contributed by atoms with van der Waals surface area (Å²) in [5, 5.41) is 14.1. The van der Waals surface area contributed by atoms with E-state index >= 15 is 0 Å². The normalized spacial score (nSPS) is 17.6. The molecule has 10 heteroatoms. The zero-order valence-corrected chi connectivity index (χ0v) is 19.2. The first-order chi connectivity index (χ1) is 15.1. The lowest BCUT2D eigenvalue weighted by Crippen LogP contribution is -2.35. The second-order valence-corrected chi connectivity index (χ2v) is 9.72. The number of halogens is 2. The highest BCUT2D eigenvalue weighted by atomic mass is 35.5. The van der Waals surface area contributed by atoms with Crippen LogP contribution in [0.5, 0.6) is 11.5 Å². The van der Waals surface area contributed by atoms with E-state index in [0.29, 0.717) is 5.75 Å². The van der Waals surface area contributed by atoms with Gasteiger partial charge in [-0.05, 0) is 30.3 Å². The van der Waals surface area contributed by atoms with Crippen molar-refractivity contribution in [2.45, 2.75) is 15.4 Å². The van der Waals surface area contributed by atoms with Gasteiger partial charge in [-0.1, -0.05) is 41.4 Å². The molecule has 0 saturated heterocycles. The first kappa shape index (κ1) is 22.4. The van der Waals surface area contributed by atoms with Crippen molar-refractivity contribution in [1.29, 1.82) is 0 Å². The van der Waals surface area contributed by atoms with Crippen molar-refractivity contribution in [2.75, 3.05) is 19.5 Å². The molecular weight excluding hydrogens is 477 g/mol. The molecule has 3 aromatic rings. The fourth-order valence-electron chi connectivity index (χ4n) is 3.67. The van der Waals surface area contributed by atoms with Crippen molar-refractivity contribution < 1.29 is 27.8 Å². The molecule has 1 atom stereocenters. The molecule has 0 spiro atoms. The quantitative estimate of drug-likeness (QED) is 0.556. The lowest BCUT2D eigenvalue weighted by Gasteiger charge is -2.23. The first-order valence-electron chi connectivity index (χ1n) is 9.24. The average Bonchev–Trinajstić information content (AvgIpc) is 3.03. The van der Waals surface area contributed by atoms with Crippen LogP contribution in [0.25, 0.3) is 0 Å². The third kappa shape index (κ3) is 3.31. The van der Waals surface area contributed by atoms with Gasteiger partial charge in [-0.2, -0.15) is 0 Å². The number of rotatable bonds is 5. The van der Waals surface area contributed by atoms with Gasteiger partial charge in [0.25, 0.3) is 5.91 Å². The van der Waals surface area contributed by atoms with Gasteiger partial charge in [0.2, 0.25) is 9.84 Å². The molecule has 1 amide bonds. The first-order valence-corrected chi connectivity index (χ1v) is 11.5. The summed E-state index contributed by atoms with van der Waals surface area (Å²) in [4.78, 5) is 12.5. The molecule has 3 aromatic carbocycles. The molecule has 1 heterocycles. The Balaban J connectivity index is 1.98. The van der Waals surface area contributed by atoms with Crippen LogP contribution in [0.3, 0.4) is 0 Å². The number of carbonyl (C=O) groups excluding carboxylic acids is 1. The van der Waals surface area contributed by atoms with Gasteiger partial charge in [0, 0.05) is 27.2 Å². The Morgan fingerprint density at radius 2 is 1.66 bits per heavy atom. The summed E-state index contributed by atoms with van der Waals surface area (Å²) in [6.07, 6.45) is 0. The van der Waals surface area contributed by atoms with Gasteiger partial charge in [0.1, 0.15) is 16.4 Å². The molecule has 1 aliphatic rings. The summed E-state index contributed by atoms with van der Waals surface area (Å²) in [7, 11) is -1.47. The van der Waals surface area contributed by atoms with Gasteiger partial charge in [-0.3, -0.25) is 4.79 Å². The predicted octanol–water partition coefficient (Wildman–Crippen LogP) is 4.03. The number of sulfone groups is 1. The molecule has 0 fully saturated rings. The van der Waals surface area contributed by atoms with Crippen LogP contribution in [-0.4, -0.2) is 33.7 Å². The number of nitrogens with one attached hydrogen (secondary N) is 1. The number of ether oxygens (including phenoxy) is 2. The Bertz CT molecular complexity index is 1360. The van der Waals surface area contributed by atoms with Crippen molar-refractivity contribution in [3.8, 4) is 11.5 Å². The summed E-state index contributed by atoms with van der Waals surface area (Å²) in [6, 6.07) is 13.0. The van der Waals surface area contributed by atoms with Gasteiger partial charge < -0.3 is 19.9 Å². The van der Waals surface area contributed by atoms with E-state index in [1.807, 2.05) is 0 Å². The number of carbonyl (C=O) groups is 1. The average molecular weight is 494 g/mol. The van der Waals surface area contributed by atoms with Crippen molar-refractivity contribution in [3.63, 3.8) is 0 Å². The van der Waals surface area contributed by atoms with Crippen LogP contribution >= 0.6 is 23.2 Å². The van der Waals surface area contributed by atoms with E-state index in [1.165, 1.54) is 56.7 Å². The Morgan fingerprint density at radius 1 is 0.938 bits per heavy atom. The summed E-state index contributed by atoms with van der Waals surface area (Å²) in [5.74, 6) is -0.400. The van der Waals surface area contributed by atoms with E-state index in [-0.39, 0.29) is 42.4 Å². The van der Waals surface area contributed by atoms with Crippen LogP contribution in [0.15, 0.2) is 64.4 Å². The topological polar surface area (TPSA) is 102 Å². The maximum Gasteiger partial charge on any atom is 0.265 e. The molecule has 0 radical (unpaired) electrons. The highest BCUT2D eigenvalue weighted by Crippen LogP contribution is 2.48. The Hall–Kier alpha value is -2.78. The molecule has 166 valence electrons. The van der Waals surface area contributed by atoms with Crippen molar-refractivity contribution >= 4 is 44.6 Å². The fourth-order valence-corrected chi connectivity index (χ4v) is 5.83. The van der Waals surface area contributed by atoms with Crippen molar-refractivity contribution in [2.24, 2.45) is 0 Å². The van der Waals surface area contributed by atoms with E-state index in [1.54, 1.807) is 12.1 Å². The van der Waals surface area contributed by atoms with Gasteiger partial charge in [0.15, 0.2) is 5.60 Å². The Labute approximate surface area is 194 Å². The molecule has 2 N–H and O–H groups in total. The van der Waals surface area contributed by atoms with Crippen LogP contribution < -0.4 is 14.8 Å². The summed E-state index contributed by atoms with van der Waals surface area (Å²) < 4.78 is 37.6. The zero-order valence-electron chi connectivity index (χ0n) is 16.8. The monoisotopic (exact) mass is 493 g/mol. The zero-order chi connectivity index (χ0) is 23.3. The third-order valence-corrected chi connectivity index (χ3v) is 7.60. The number of benzene rings is 3. The van der Waals surface area contributed by atoms with Crippen LogP contribution in [0.1, 0.15) is 11.1 Å². The molecule has 32 heavy (non-hydrogen) atoms. The molecule has 0 saturated carbocycles. The maximum absolute atomic E-state index is 13.6. The minimum absolute atomic E-state index is 0.0109. The molecule has 4 rings (SSSR count). The lowest BCUT2D eigenvalue weighted by molar-refractivity contribution is -0.129. The van der Waals surface area contributed by atoms with E-state index in [0.717, 1.165) is 0 Å². The predicted molar refractivity (Wildman–Crippen MR) is 120 cm³/mol. The van der Waals surface area contributed by atoms with Crippen molar-refractivity contribution in [3.05, 3.63) is 75.8 Å². The van der Waals surface area contributed by atoms with E-state index in [9.17, 15) is 18.3 Å². The van der Waals surface area contributed by atoms with E-state index in [4.69, 9.17) is 32.7 Å². The number of fused-ring (bicyclic) bond motifs is 1. The minimum atomic E-state index is -4.24. The Kier molecular flexibility index (Phi) is 5.58. The second-order valence-electron chi connectivity index (χ2n) is 6.99. The van der Waals surface area contributed by atoms with Gasteiger partial charge in [-0.15, -0.1) is 0 Å². The van der Waals surface area contributed by atoms with Crippen LogP contribution in [0, 0.1) is 0 Å². The summed E-state index contributed by atoms with van der Waals surface area (Å²) >= 11 is 12.5. The molecular formula is C22H17Cl2NO6S. The largest absolute Gasteiger partial charge is 0.497 e. The number of anilines is 1. The van der Waals surface area contributed by atoms with Crippen LogP contribution in [0.2, 0.25) is 10.0 Å². The number of hydrogen-bond acceptors (Lipinski definition) is 6. The van der Waals surface area contributed by atoms with Gasteiger partial charge in [-0.25, -0.2) is 8.42 Å². The maximum atomic E-state index is 13.6. The summed E-state index contributed by atoms with van der Waals surface area (Å²) in [6.45, 7) is 0. The van der Waals surface area contributed by atoms with E-state index in [2.05, 4.69) is 5.32 Å². The summed E-state index contributed by atoms with van der Waals surface area (Å²) in [5.41, 5.74) is -2.23. The number of methoxy groups -OCH3 is 2. The molecule has 1 unspecified atom stereocenters. The highest BCUT2D eigenvalue weighted by molar-refractivity contribution is 7.91. The van der Waals surface area contributed by atoms with E-state index < -0.39 is 21.3 Å². The molecule has 0 aliphatic carbocycles. The standard InChI is InChI=1S/C22H17Cl2NO6S/c1-30-13-7-8-18(17(11-13)31-2)32(28,29)19-10-12(23)9-15-20(19)25-21(26)22(15,27)14-5-3-4-6-16(14)24/h3-11,27H,1-2H3,(H,25,26). The molecule has 0 bridgehead atoms.